The third-order valence-electron chi connectivity index (χ3n) is 2.86. The van der Waals surface area contributed by atoms with Gasteiger partial charge in [-0.1, -0.05) is 24.3 Å². The van der Waals surface area contributed by atoms with Gasteiger partial charge in [-0.15, -0.1) is 11.6 Å². The van der Waals surface area contributed by atoms with Crippen LogP contribution in [0.3, 0.4) is 0 Å². The summed E-state index contributed by atoms with van der Waals surface area (Å²) in [5, 5.41) is 0. The Kier molecular flexibility index (Phi) is 4.21. The first-order valence-corrected chi connectivity index (χ1v) is 6.33. The molecule has 0 bridgehead atoms. The maximum atomic E-state index is 12.8. The van der Waals surface area contributed by atoms with Gasteiger partial charge in [0.1, 0.15) is 5.82 Å². The van der Waals surface area contributed by atoms with Crippen LogP contribution in [0.15, 0.2) is 48.5 Å². The fourth-order valence-electron chi connectivity index (χ4n) is 1.79. The summed E-state index contributed by atoms with van der Waals surface area (Å²) in [7, 11) is 2.01. The predicted molar refractivity (Wildman–Crippen MR) is 74.5 cm³/mol. The van der Waals surface area contributed by atoms with Gasteiger partial charge < -0.3 is 4.90 Å². The quantitative estimate of drug-likeness (QED) is 0.748. The van der Waals surface area contributed by atoms with Crippen molar-refractivity contribution >= 4 is 17.3 Å². The first-order chi connectivity index (χ1) is 8.69. The molecule has 0 spiro atoms. The second kappa shape index (κ2) is 5.87. The van der Waals surface area contributed by atoms with Gasteiger partial charge in [-0.2, -0.15) is 0 Å². The average Bonchev–Trinajstić information content (AvgIpc) is 2.41. The van der Waals surface area contributed by atoms with Gasteiger partial charge in [0.15, 0.2) is 0 Å². The van der Waals surface area contributed by atoms with Crippen LogP contribution in [0.2, 0.25) is 0 Å². The number of rotatable bonds is 4. The molecule has 0 aliphatic heterocycles. The number of hydrogen-bond donors (Lipinski definition) is 0. The van der Waals surface area contributed by atoms with Gasteiger partial charge in [0.25, 0.3) is 0 Å². The lowest BCUT2D eigenvalue weighted by Crippen LogP contribution is -2.16. The topological polar surface area (TPSA) is 3.24 Å². The molecule has 18 heavy (non-hydrogen) atoms. The molecule has 0 unspecified atom stereocenters. The molecule has 94 valence electrons. The molecular formula is C15H15ClFN. The van der Waals surface area contributed by atoms with Crippen LogP contribution in [0, 0.1) is 5.82 Å². The lowest BCUT2D eigenvalue weighted by atomic mass is 10.2. The van der Waals surface area contributed by atoms with E-state index >= 15 is 0 Å². The highest BCUT2D eigenvalue weighted by Gasteiger charge is 2.02. The monoisotopic (exact) mass is 263 g/mol. The predicted octanol–water partition coefficient (Wildman–Crippen LogP) is 4.20. The normalized spacial score (nSPS) is 10.4. The van der Waals surface area contributed by atoms with Gasteiger partial charge in [-0.25, -0.2) is 4.39 Å². The van der Waals surface area contributed by atoms with Crippen LogP contribution in [-0.4, -0.2) is 7.05 Å². The Hall–Kier alpha value is -1.54. The Morgan fingerprint density at radius 3 is 2.06 bits per heavy atom. The molecule has 0 saturated carbocycles. The number of benzene rings is 2. The molecule has 2 aromatic carbocycles. The molecule has 2 rings (SSSR count). The molecular weight excluding hydrogens is 249 g/mol. The number of hydrogen-bond acceptors (Lipinski definition) is 1. The highest BCUT2D eigenvalue weighted by molar-refractivity contribution is 6.17. The van der Waals surface area contributed by atoms with Gasteiger partial charge in [0.2, 0.25) is 0 Å². The minimum Gasteiger partial charge on any atom is -0.370 e. The van der Waals surface area contributed by atoms with E-state index in [0.717, 1.165) is 23.4 Å². The van der Waals surface area contributed by atoms with Crippen LogP contribution in [0.1, 0.15) is 11.1 Å². The standard InChI is InChI=1S/C15H15ClFN/c1-18(11-13-2-6-14(17)7-3-13)15-8-4-12(10-16)5-9-15/h2-9H,10-11H2,1H3. The summed E-state index contributed by atoms with van der Waals surface area (Å²) in [6, 6.07) is 14.7. The molecule has 0 aliphatic carbocycles. The van der Waals surface area contributed by atoms with Gasteiger partial charge in [0.05, 0.1) is 0 Å². The lowest BCUT2D eigenvalue weighted by Gasteiger charge is -2.19. The molecule has 2 aromatic rings. The Labute approximate surface area is 112 Å². The minimum atomic E-state index is -0.201. The Balaban J connectivity index is 2.06. The second-order valence-corrected chi connectivity index (χ2v) is 4.55. The minimum absolute atomic E-state index is 0.201. The third-order valence-corrected chi connectivity index (χ3v) is 3.17. The van der Waals surface area contributed by atoms with Gasteiger partial charge >= 0.3 is 0 Å². The summed E-state index contributed by atoms with van der Waals surface area (Å²) in [6.45, 7) is 0.750. The lowest BCUT2D eigenvalue weighted by molar-refractivity contribution is 0.627. The molecule has 0 N–H and O–H groups in total. The zero-order chi connectivity index (χ0) is 13.0. The van der Waals surface area contributed by atoms with Gasteiger partial charge in [-0.3, -0.25) is 0 Å². The number of anilines is 1. The van der Waals surface area contributed by atoms with Crippen molar-refractivity contribution < 1.29 is 4.39 Å². The van der Waals surface area contributed by atoms with Crippen molar-refractivity contribution in [2.45, 2.75) is 12.4 Å². The molecule has 1 nitrogen and oxygen atoms in total. The Morgan fingerprint density at radius 1 is 0.944 bits per heavy atom. The molecule has 3 heteroatoms. The van der Waals surface area contributed by atoms with Crippen LogP contribution in [0.5, 0.6) is 0 Å². The zero-order valence-electron chi connectivity index (χ0n) is 10.2. The number of halogens is 2. The first kappa shape index (κ1) is 12.9. The van der Waals surface area contributed by atoms with E-state index in [1.807, 2.05) is 31.3 Å². The van der Waals surface area contributed by atoms with Crippen molar-refractivity contribution in [3.63, 3.8) is 0 Å². The van der Waals surface area contributed by atoms with Crippen LogP contribution >= 0.6 is 11.6 Å². The van der Waals surface area contributed by atoms with Crippen molar-refractivity contribution in [1.29, 1.82) is 0 Å². The summed E-state index contributed by atoms with van der Waals surface area (Å²) in [6.07, 6.45) is 0. The van der Waals surface area contributed by atoms with Gasteiger partial charge in [0, 0.05) is 25.2 Å². The Morgan fingerprint density at radius 2 is 1.50 bits per heavy atom. The molecule has 0 aromatic heterocycles. The molecule has 0 fully saturated rings. The Bertz CT molecular complexity index is 493. The molecule has 0 atom stereocenters. The summed E-state index contributed by atoms with van der Waals surface area (Å²) in [5.74, 6) is 0.329. The van der Waals surface area contributed by atoms with Crippen molar-refractivity contribution in [2.75, 3.05) is 11.9 Å². The SMILES string of the molecule is CN(Cc1ccc(F)cc1)c1ccc(CCl)cc1. The van der Waals surface area contributed by atoms with Crippen LogP contribution in [0.25, 0.3) is 0 Å². The highest BCUT2D eigenvalue weighted by Crippen LogP contribution is 2.17. The number of nitrogens with zero attached hydrogens (tertiary/aromatic N) is 1. The van der Waals surface area contributed by atoms with E-state index in [4.69, 9.17) is 11.6 Å². The fraction of sp³-hybridized carbons (Fsp3) is 0.200. The van der Waals surface area contributed by atoms with Crippen molar-refractivity contribution in [3.8, 4) is 0 Å². The fourth-order valence-corrected chi connectivity index (χ4v) is 1.97. The third kappa shape index (κ3) is 3.23. The van der Waals surface area contributed by atoms with E-state index < -0.39 is 0 Å². The van der Waals surface area contributed by atoms with E-state index in [1.165, 1.54) is 12.1 Å². The summed E-state index contributed by atoms with van der Waals surface area (Å²) in [4.78, 5) is 2.12. The van der Waals surface area contributed by atoms with Crippen LogP contribution in [0.4, 0.5) is 10.1 Å². The van der Waals surface area contributed by atoms with Crippen molar-refractivity contribution in [3.05, 3.63) is 65.5 Å². The van der Waals surface area contributed by atoms with E-state index in [1.54, 1.807) is 12.1 Å². The highest BCUT2D eigenvalue weighted by atomic mass is 35.5. The number of alkyl halides is 1. The molecule has 0 saturated heterocycles. The first-order valence-electron chi connectivity index (χ1n) is 5.79. The molecule has 0 amide bonds. The molecule has 0 radical (unpaired) electrons. The maximum Gasteiger partial charge on any atom is 0.123 e. The maximum absolute atomic E-state index is 12.8. The summed E-state index contributed by atoms with van der Waals surface area (Å²) < 4.78 is 12.8. The van der Waals surface area contributed by atoms with E-state index in [0.29, 0.717) is 5.88 Å². The molecule has 0 heterocycles. The van der Waals surface area contributed by atoms with E-state index in [-0.39, 0.29) is 5.82 Å². The van der Waals surface area contributed by atoms with Crippen molar-refractivity contribution in [1.82, 2.24) is 0 Å². The van der Waals surface area contributed by atoms with Crippen molar-refractivity contribution in [2.24, 2.45) is 0 Å². The average molecular weight is 264 g/mol. The van der Waals surface area contributed by atoms with Crippen LogP contribution in [-0.2, 0) is 12.4 Å². The smallest absolute Gasteiger partial charge is 0.123 e. The molecule has 0 aliphatic rings. The largest absolute Gasteiger partial charge is 0.370 e. The van der Waals surface area contributed by atoms with Crippen LogP contribution < -0.4 is 4.90 Å². The van der Waals surface area contributed by atoms with E-state index in [9.17, 15) is 4.39 Å². The van der Waals surface area contributed by atoms with Gasteiger partial charge in [-0.05, 0) is 35.4 Å². The summed E-state index contributed by atoms with van der Waals surface area (Å²) in [5.41, 5.74) is 3.31. The summed E-state index contributed by atoms with van der Waals surface area (Å²) >= 11 is 5.75. The second-order valence-electron chi connectivity index (χ2n) is 4.28. The zero-order valence-corrected chi connectivity index (χ0v) is 11.0. The van der Waals surface area contributed by atoms with E-state index in [2.05, 4.69) is 4.90 Å².